The molecule has 9 atom stereocenters. The van der Waals surface area contributed by atoms with E-state index >= 15 is 0 Å². The number of aliphatic hydroxyl groups excluding tert-OH is 3. The molecule has 2 fully saturated rings. The lowest BCUT2D eigenvalue weighted by Gasteiger charge is -2.49. The summed E-state index contributed by atoms with van der Waals surface area (Å²) in [7, 11) is 0. The molecule has 0 aromatic heterocycles. The second kappa shape index (κ2) is 10.3. The van der Waals surface area contributed by atoms with E-state index in [-0.39, 0.29) is 29.6 Å². The molecule has 3 aliphatic rings. The van der Waals surface area contributed by atoms with E-state index in [4.69, 9.17) is 0 Å². The van der Waals surface area contributed by atoms with E-state index in [0.29, 0.717) is 49.4 Å². The molecule has 4 nitrogen and oxygen atoms in total. The Morgan fingerprint density at radius 3 is 2.42 bits per heavy atom. The fourth-order valence-electron chi connectivity index (χ4n) is 7.62. The molecule has 0 spiro atoms. The first-order valence-corrected chi connectivity index (χ1v) is 13.4. The van der Waals surface area contributed by atoms with Gasteiger partial charge in [-0.3, -0.25) is 4.79 Å². The molecule has 0 amide bonds. The van der Waals surface area contributed by atoms with E-state index in [1.54, 1.807) is 0 Å². The van der Waals surface area contributed by atoms with Crippen LogP contribution in [-0.2, 0) is 4.79 Å². The summed E-state index contributed by atoms with van der Waals surface area (Å²) in [6.07, 6.45) is 11.0. The topological polar surface area (TPSA) is 77.8 Å². The third-order valence-electron chi connectivity index (χ3n) is 9.94. The predicted octanol–water partition coefficient (Wildman–Crippen LogP) is 5.31. The van der Waals surface area contributed by atoms with Gasteiger partial charge < -0.3 is 15.3 Å². The standard InChI is InChI=1S/C29H48O4/c1-7-20(18(2)3)9-8-19(4)23-10-11-24(28(23,5)14-15-30)22-17-26(32)25-16-21(31)12-13-29(25,6)27(22)33/h8-9,17-21,23-26,30-32H,7,10-16H2,1-6H3/b9-8+/t19-,20?,21+,23-,24+,25-,26+,28-,29+/m1/s1. The van der Waals surface area contributed by atoms with Crippen LogP contribution in [0.15, 0.2) is 23.8 Å². The van der Waals surface area contributed by atoms with Crippen LogP contribution in [0, 0.1) is 46.3 Å². The number of allylic oxidation sites excluding steroid dienone is 3. The molecule has 0 aliphatic heterocycles. The second-order valence-electron chi connectivity index (χ2n) is 12.2. The van der Waals surface area contributed by atoms with Crippen molar-refractivity contribution in [3.05, 3.63) is 23.8 Å². The Bertz CT molecular complexity index is 755. The highest BCUT2D eigenvalue weighted by molar-refractivity contribution is 6.01. The van der Waals surface area contributed by atoms with Crippen LogP contribution >= 0.6 is 0 Å². The molecule has 3 rings (SSSR count). The van der Waals surface area contributed by atoms with Gasteiger partial charge in [0.05, 0.1) is 12.2 Å². The predicted molar refractivity (Wildman–Crippen MR) is 133 cm³/mol. The lowest BCUT2D eigenvalue weighted by atomic mass is 9.55. The van der Waals surface area contributed by atoms with Crippen LogP contribution in [0.25, 0.3) is 0 Å². The fourth-order valence-corrected chi connectivity index (χ4v) is 7.62. The zero-order valence-electron chi connectivity index (χ0n) is 21.8. The smallest absolute Gasteiger partial charge is 0.165 e. The van der Waals surface area contributed by atoms with Crippen molar-refractivity contribution in [2.24, 2.45) is 46.3 Å². The fraction of sp³-hybridized carbons (Fsp3) is 0.828. The summed E-state index contributed by atoms with van der Waals surface area (Å²) in [5, 5.41) is 31.2. The number of carbonyl (C=O) groups is 1. The van der Waals surface area contributed by atoms with E-state index in [2.05, 4.69) is 46.8 Å². The quantitative estimate of drug-likeness (QED) is 0.429. The maximum absolute atomic E-state index is 13.9. The largest absolute Gasteiger partial charge is 0.396 e. The molecule has 2 saturated carbocycles. The number of carbonyl (C=O) groups excluding carboxylic acids is 1. The highest BCUT2D eigenvalue weighted by atomic mass is 16.3. The van der Waals surface area contributed by atoms with E-state index in [9.17, 15) is 20.1 Å². The number of hydrogen-bond donors (Lipinski definition) is 3. The van der Waals surface area contributed by atoms with Gasteiger partial charge in [0.25, 0.3) is 0 Å². The second-order valence-corrected chi connectivity index (χ2v) is 12.2. The Morgan fingerprint density at radius 2 is 1.82 bits per heavy atom. The Kier molecular flexibility index (Phi) is 8.34. The molecule has 188 valence electrons. The minimum atomic E-state index is -0.691. The van der Waals surface area contributed by atoms with Gasteiger partial charge in [0.15, 0.2) is 5.78 Å². The molecule has 33 heavy (non-hydrogen) atoms. The molecule has 3 aliphatic carbocycles. The summed E-state index contributed by atoms with van der Waals surface area (Å²) in [6, 6.07) is 0. The highest BCUT2D eigenvalue weighted by Crippen LogP contribution is 2.59. The number of hydrogen-bond acceptors (Lipinski definition) is 4. The molecule has 0 aromatic rings. The number of fused-ring (bicyclic) bond motifs is 1. The van der Waals surface area contributed by atoms with Crippen LogP contribution in [0.5, 0.6) is 0 Å². The van der Waals surface area contributed by atoms with Crippen molar-refractivity contribution in [1.29, 1.82) is 0 Å². The summed E-state index contributed by atoms with van der Waals surface area (Å²) >= 11 is 0. The molecule has 0 aromatic carbocycles. The molecule has 4 heteroatoms. The van der Waals surface area contributed by atoms with Crippen molar-refractivity contribution in [2.45, 2.75) is 98.7 Å². The van der Waals surface area contributed by atoms with E-state index in [1.807, 2.05) is 13.0 Å². The van der Waals surface area contributed by atoms with Gasteiger partial charge in [-0.1, -0.05) is 53.7 Å². The first-order valence-electron chi connectivity index (χ1n) is 13.4. The normalized spacial score (nSPS) is 41.3. The van der Waals surface area contributed by atoms with Gasteiger partial charge in [-0.15, -0.1) is 0 Å². The van der Waals surface area contributed by atoms with Crippen LogP contribution in [0.1, 0.15) is 86.5 Å². The van der Waals surface area contributed by atoms with Crippen molar-refractivity contribution in [2.75, 3.05) is 6.61 Å². The molecule has 0 saturated heterocycles. The Balaban J connectivity index is 1.90. The van der Waals surface area contributed by atoms with E-state index in [0.717, 1.165) is 24.8 Å². The maximum atomic E-state index is 13.9. The molecule has 0 bridgehead atoms. The van der Waals surface area contributed by atoms with Gasteiger partial charge >= 0.3 is 0 Å². The minimum Gasteiger partial charge on any atom is -0.396 e. The zero-order chi connectivity index (χ0) is 24.6. The summed E-state index contributed by atoms with van der Waals surface area (Å²) in [5.41, 5.74) is 0.00946. The first kappa shape index (κ1) is 26.6. The molecule has 3 N–H and O–H groups in total. The average molecular weight is 461 g/mol. The summed E-state index contributed by atoms with van der Waals surface area (Å²) < 4.78 is 0. The minimum absolute atomic E-state index is 0.0596. The van der Waals surface area contributed by atoms with Crippen LogP contribution in [0.2, 0.25) is 0 Å². The van der Waals surface area contributed by atoms with Gasteiger partial charge in [-0.25, -0.2) is 0 Å². The van der Waals surface area contributed by atoms with E-state index in [1.165, 1.54) is 0 Å². The Hall–Kier alpha value is -0.970. The molecule has 0 heterocycles. The molecule has 0 radical (unpaired) electrons. The van der Waals surface area contributed by atoms with Gasteiger partial charge in [-0.2, -0.15) is 0 Å². The summed E-state index contributed by atoms with van der Waals surface area (Å²) in [4.78, 5) is 13.9. The Labute approximate surface area is 201 Å². The van der Waals surface area contributed by atoms with Crippen molar-refractivity contribution < 1.29 is 20.1 Å². The third kappa shape index (κ3) is 4.90. The lowest BCUT2D eigenvalue weighted by Crippen LogP contribution is -2.52. The molecular formula is C29H48O4. The Morgan fingerprint density at radius 1 is 1.12 bits per heavy atom. The van der Waals surface area contributed by atoms with Gasteiger partial charge in [-0.05, 0) is 91.6 Å². The van der Waals surface area contributed by atoms with Gasteiger partial charge in [0.2, 0.25) is 0 Å². The van der Waals surface area contributed by atoms with Gasteiger partial charge in [0, 0.05) is 17.9 Å². The van der Waals surface area contributed by atoms with Crippen LogP contribution in [0.3, 0.4) is 0 Å². The van der Waals surface area contributed by atoms with Crippen molar-refractivity contribution in [1.82, 2.24) is 0 Å². The van der Waals surface area contributed by atoms with E-state index < -0.39 is 17.6 Å². The number of Topliss-reactive ketones (excluding diaryl/α,β-unsaturated/α-hetero) is 1. The molecular weight excluding hydrogens is 412 g/mol. The van der Waals surface area contributed by atoms with Crippen molar-refractivity contribution >= 4 is 5.78 Å². The van der Waals surface area contributed by atoms with Crippen LogP contribution in [-0.4, -0.2) is 39.9 Å². The number of ketones is 1. The lowest BCUT2D eigenvalue weighted by molar-refractivity contribution is -0.138. The molecule has 1 unspecified atom stereocenters. The third-order valence-corrected chi connectivity index (χ3v) is 9.94. The first-order chi connectivity index (χ1) is 15.5. The number of rotatable bonds is 8. The van der Waals surface area contributed by atoms with Crippen LogP contribution in [0.4, 0.5) is 0 Å². The number of aliphatic hydroxyl groups is 3. The van der Waals surface area contributed by atoms with Crippen molar-refractivity contribution in [3.8, 4) is 0 Å². The summed E-state index contributed by atoms with van der Waals surface area (Å²) in [6.45, 7) is 13.4. The SMILES string of the molecule is CCC(/C=C/[C@@H](C)[C@H]1CC[C@@H](C2=C[C@H](O)[C@H]3C[C@@H](O)CC[C@]3(C)C2=O)[C@]1(C)CCO)C(C)C. The van der Waals surface area contributed by atoms with Gasteiger partial charge in [0.1, 0.15) is 0 Å². The highest BCUT2D eigenvalue weighted by Gasteiger charge is 2.56. The zero-order valence-corrected chi connectivity index (χ0v) is 21.8. The maximum Gasteiger partial charge on any atom is 0.165 e. The summed E-state index contributed by atoms with van der Waals surface area (Å²) in [5.74, 6) is 1.98. The monoisotopic (exact) mass is 460 g/mol. The average Bonchev–Trinajstić information content (AvgIpc) is 3.09. The van der Waals surface area contributed by atoms with Crippen LogP contribution < -0.4 is 0 Å². The van der Waals surface area contributed by atoms with Crippen molar-refractivity contribution in [3.63, 3.8) is 0 Å².